The highest BCUT2D eigenvalue weighted by atomic mass is 79.9. The van der Waals surface area contributed by atoms with Gasteiger partial charge in [-0.15, -0.1) is 0 Å². The monoisotopic (exact) mass is 338 g/mol. The summed E-state index contributed by atoms with van der Waals surface area (Å²) in [6, 6.07) is 10.4. The average Bonchev–Trinajstić information content (AvgIpc) is 2.38. The number of hydrogen-bond acceptors (Lipinski definition) is 2. The van der Waals surface area contributed by atoms with Gasteiger partial charge in [-0.2, -0.15) is 0 Å². The molecule has 0 saturated carbocycles. The smallest absolute Gasteiger partial charge is 0.130 e. The van der Waals surface area contributed by atoms with Crippen molar-refractivity contribution in [1.82, 2.24) is 0 Å². The molecule has 0 fully saturated rings. The Hall–Kier alpha value is -1.39. The van der Waals surface area contributed by atoms with Gasteiger partial charge in [-0.1, -0.05) is 28.1 Å². The maximum Gasteiger partial charge on any atom is 0.130 e. The van der Waals surface area contributed by atoms with E-state index >= 15 is 0 Å². The summed E-state index contributed by atoms with van der Waals surface area (Å²) in [4.78, 5) is 0. The summed E-state index contributed by atoms with van der Waals surface area (Å²) in [5.74, 6) is 0.398. The lowest BCUT2D eigenvalue weighted by molar-refractivity contribution is 0.199. The quantitative estimate of drug-likeness (QED) is 0.887. The van der Waals surface area contributed by atoms with Crippen LogP contribution in [0.5, 0.6) is 5.75 Å². The van der Waals surface area contributed by atoms with E-state index in [2.05, 4.69) is 15.9 Å². The first-order valence-corrected chi connectivity index (χ1v) is 7.12. The van der Waals surface area contributed by atoms with E-state index in [4.69, 9.17) is 4.74 Å². The van der Waals surface area contributed by atoms with E-state index in [1.807, 2.05) is 19.1 Å². The van der Waals surface area contributed by atoms with E-state index in [-0.39, 0.29) is 12.4 Å². The Morgan fingerprint density at radius 3 is 2.60 bits per heavy atom. The molecule has 2 aromatic rings. The molecule has 0 aromatic heterocycles. The van der Waals surface area contributed by atoms with Crippen LogP contribution in [0, 0.1) is 12.7 Å². The minimum absolute atomic E-state index is 0.175. The van der Waals surface area contributed by atoms with Crippen LogP contribution in [0.25, 0.3) is 0 Å². The summed E-state index contributed by atoms with van der Waals surface area (Å²) in [7, 11) is 0. The molecule has 20 heavy (non-hydrogen) atoms. The van der Waals surface area contributed by atoms with Crippen molar-refractivity contribution in [3.63, 3.8) is 0 Å². The topological polar surface area (TPSA) is 29.5 Å². The third-order valence-corrected chi connectivity index (χ3v) is 3.57. The molecule has 2 nitrogen and oxygen atoms in total. The van der Waals surface area contributed by atoms with Crippen LogP contribution in [0.2, 0.25) is 0 Å². The number of ether oxygens (including phenoxy) is 1. The van der Waals surface area contributed by atoms with Gasteiger partial charge in [-0.3, -0.25) is 0 Å². The van der Waals surface area contributed by atoms with Crippen molar-refractivity contribution < 1.29 is 14.2 Å². The number of hydrogen-bond donors (Lipinski definition) is 1. The Balaban J connectivity index is 2.11. The second-order valence-corrected chi connectivity index (χ2v) is 5.64. The lowest BCUT2D eigenvalue weighted by Crippen LogP contribution is -2.00. The number of benzene rings is 2. The number of aliphatic hydroxyl groups excluding tert-OH is 1. The second kappa shape index (κ2) is 6.37. The van der Waals surface area contributed by atoms with Crippen LogP contribution < -0.4 is 4.74 Å². The van der Waals surface area contributed by atoms with Crippen molar-refractivity contribution in [2.75, 3.05) is 0 Å². The average molecular weight is 339 g/mol. The molecule has 4 heteroatoms. The van der Waals surface area contributed by atoms with Gasteiger partial charge in [0, 0.05) is 10.0 Å². The summed E-state index contributed by atoms with van der Waals surface area (Å²) in [6.07, 6.45) is -0.508. The first-order chi connectivity index (χ1) is 9.47. The maximum absolute atomic E-state index is 13.7. The molecule has 0 aliphatic rings. The number of aliphatic hydroxyl groups is 1. The highest BCUT2D eigenvalue weighted by molar-refractivity contribution is 9.10. The summed E-state index contributed by atoms with van der Waals surface area (Å²) in [5.41, 5.74) is 2.26. The molecule has 0 saturated heterocycles. The molecular weight excluding hydrogens is 323 g/mol. The molecule has 2 aromatic carbocycles. The van der Waals surface area contributed by atoms with E-state index in [9.17, 15) is 9.50 Å². The van der Waals surface area contributed by atoms with Crippen LogP contribution in [0.1, 0.15) is 29.7 Å². The molecule has 0 heterocycles. The van der Waals surface area contributed by atoms with Crippen molar-refractivity contribution in [2.45, 2.75) is 26.6 Å². The minimum atomic E-state index is -0.508. The fourth-order valence-electron chi connectivity index (χ4n) is 1.89. The van der Waals surface area contributed by atoms with Gasteiger partial charge in [-0.05, 0) is 49.2 Å². The van der Waals surface area contributed by atoms with E-state index in [1.165, 1.54) is 6.07 Å². The zero-order valence-electron chi connectivity index (χ0n) is 11.4. The molecule has 0 bridgehead atoms. The van der Waals surface area contributed by atoms with E-state index in [1.54, 1.807) is 25.1 Å². The Bertz CT molecular complexity index is 611. The van der Waals surface area contributed by atoms with Crippen molar-refractivity contribution in [1.29, 1.82) is 0 Å². The van der Waals surface area contributed by atoms with Gasteiger partial charge in [0.1, 0.15) is 18.2 Å². The van der Waals surface area contributed by atoms with Gasteiger partial charge in [0.25, 0.3) is 0 Å². The van der Waals surface area contributed by atoms with Crippen molar-refractivity contribution >= 4 is 15.9 Å². The van der Waals surface area contributed by atoms with Crippen LogP contribution >= 0.6 is 15.9 Å². The summed E-state index contributed by atoms with van der Waals surface area (Å²) < 4.78 is 20.0. The third-order valence-electron chi connectivity index (χ3n) is 3.08. The van der Waals surface area contributed by atoms with Gasteiger partial charge in [-0.25, -0.2) is 4.39 Å². The second-order valence-electron chi connectivity index (χ2n) is 4.73. The van der Waals surface area contributed by atoms with Crippen LogP contribution in [0.3, 0.4) is 0 Å². The lowest BCUT2D eigenvalue weighted by atomic mass is 10.1. The molecule has 0 spiro atoms. The van der Waals surface area contributed by atoms with Crippen LogP contribution in [0.4, 0.5) is 4.39 Å². The first-order valence-electron chi connectivity index (χ1n) is 6.32. The van der Waals surface area contributed by atoms with Gasteiger partial charge in [0.2, 0.25) is 0 Å². The normalized spacial score (nSPS) is 12.2. The fourth-order valence-corrected chi connectivity index (χ4v) is 2.22. The van der Waals surface area contributed by atoms with Crippen LogP contribution in [-0.2, 0) is 6.61 Å². The minimum Gasteiger partial charge on any atom is -0.489 e. The van der Waals surface area contributed by atoms with Crippen LogP contribution in [-0.4, -0.2) is 5.11 Å². The molecule has 2 rings (SSSR count). The Morgan fingerprint density at radius 2 is 2.00 bits per heavy atom. The fraction of sp³-hybridized carbons (Fsp3) is 0.250. The Labute approximate surface area is 126 Å². The molecule has 106 valence electrons. The number of rotatable bonds is 4. The van der Waals surface area contributed by atoms with Crippen molar-refractivity contribution in [3.05, 3.63) is 63.4 Å². The highest BCUT2D eigenvalue weighted by Gasteiger charge is 2.07. The zero-order valence-corrected chi connectivity index (χ0v) is 12.9. The van der Waals surface area contributed by atoms with Gasteiger partial charge >= 0.3 is 0 Å². The van der Waals surface area contributed by atoms with E-state index in [0.717, 1.165) is 11.1 Å². The van der Waals surface area contributed by atoms with Crippen molar-refractivity contribution in [2.24, 2.45) is 0 Å². The standard InChI is InChI=1S/C16H16BrFO2/c1-10-7-12(11(2)19)4-6-16(10)20-9-13-3-5-14(17)8-15(13)18/h3-8,11,19H,9H2,1-2H3/t11-/m1/s1. The third kappa shape index (κ3) is 3.58. The summed E-state index contributed by atoms with van der Waals surface area (Å²) >= 11 is 3.22. The zero-order chi connectivity index (χ0) is 14.7. The summed E-state index contributed by atoms with van der Waals surface area (Å²) in [6.45, 7) is 3.79. The van der Waals surface area contributed by atoms with E-state index < -0.39 is 6.10 Å². The largest absolute Gasteiger partial charge is 0.489 e. The van der Waals surface area contributed by atoms with Crippen LogP contribution in [0.15, 0.2) is 40.9 Å². The number of aryl methyl sites for hydroxylation is 1. The molecule has 0 aliphatic heterocycles. The number of halogens is 2. The predicted molar refractivity (Wildman–Crippen MR) is 80.2 cm³/mol. The Morgan fingerprint density at radius 1 is 1.25 bits per heavy atom. The van der Waals surface area contributed by atoms with Gasteiger partial charge in [0.05, 0.1) is 6.10 Å². The molecule has 0 radical (unpaired) electrons. The highest BCUT2D eigenvalue weighted by Crippen LogP contribution is 2.24. The SMILES string of the molecule is Cc1cc([C@@H](C)O)ccc1OCc1ccc(Br)cc1F. The maximum atomic E-state index is 13.7. The molecule has 0 amide bonds. The lowest BCUT2D eigenvalue weighted by Gasteiger charge is -2.12. The van der Waals surface area contributed by atoms with Gasteiger partial charge < -0.3 is 9.84 Å². The van der Waals surface area contributed by atoms with Gasteiger partial charge in [0.15, 0.2) is 0 Å². The Kier molecular flexibility index (Phi) is 4.78. The van der Waals surface area contributed by atoms with E-state index in [0.29, 0.717) is 15.8 Å². The molecule has 0 aliphatic carbocycles. The molecule has 0 unspecified atom stereocenters. The molecular formula is C16H16BrFO2. The molecule has 1 N–H and O–H groups in total. The molecule has 1 atom stereocenters. The first kappa shape index (κ1) is 15.0. The summed E-state index contributed by atoms with van der Waals surface area (Å²) in [5, 5.41) is 9.51. The predicted octanol–water partition coefficient (Wildman–Crippen LogP) is 4.53. The van der Waals surface area contributed by atoms with Crippen molar-refractivity contribution in [3.8, 4) is 5.75 Å².